The Kier molecular flexibility index (Phi) is 4.88. The van der Waals surface area contributed by atoms with Crippen LogP contribution in [-0.4, -0.2) is 33.6 Å². The lowest BCUT2D eigenvalue weighted by Gasteiger charge is -2.16. The topological polar surface area (TPSA) is 49.0 Å². The predicted octanol–water partition coefficient (Wildman–Crippen LogP) is 3.97. The largest absolute Gasteiger partial charge is 0.341 e. The summed E-state index contributed by atoms with van der Waals surface area (Å²) in [6, 6.07) is 15.3. The molecule has 1 heterocycles. The molecule has 1 amide bonds. The number of H-pyrrole nitrogens is 1. The van der Waals surface area contributed by atoms with Gasteiger partial charge in [0, 0.05) is 18.6 Å². The first-order chi connectivity index (χ1) is 11.1. The molecule has 0 spiro atoms. The number of aromatic nitrogens is 2. The lowest BCUT2D eigenvalue weighted by Crippen LogP contribution is -2.27. The molecule has 3 rings (SSSR count). The predicted molar refractivity (Wildman–Crippen MR) is 94.7 cm³/mol. The van der Waals surface area contributed by atoms with Gasteiger partial charge in [-0.05, 0) is 29.8 Å². The molecule has 0 radical (unpaired) electrons. The highest BCUT2D eigenvalue weighted by molar-refractivity contribution is 7.99. The van der Waals surface area contributed by atoms with Gasteiger partial charge in [0.05, 0.1) is 16.8 Å². The highest BCUT2D eigenvalue weighted by Crippen LogP contribution is 2.19. The summed E-state index contributed by atoms with van der Waals surface area (Å²) >= 11 is 7.28. The molecule has 0 saturated heterocycles. The molecule has 0 unspecified atom stereocenters. The van der Waals surface area contributed by atoms with E-state index in [0.29, 0.717) is 17.3 Å². The van der Waals surface area contributed by atoms with Gasteiger partial charge in [0.1, 0.15) is 0 Å². The molecular weight excluding hydrogens is 330 g/mol. The quantitative estimate of drug-likeness (QED) is 0.712. The Morgan fingerprint density at radius 3 is 2.70 bits per heavy atom. The molecule has 0 bridgehead atoms. The van der Waals surface area contributed by atoms with Crippen LogP contribution < -0.4 is 0 Å². The second kappa shape index (κ2) is 7.06. The summed E-state index contributed by atoms with van der Waals surface area (Å²) in [6.07, 6.45) is 0. The Balaban J connectivity index is 1.56. The molecule has 0 aliphatic heterocycles. The normalized spacial score (nSPS) is 10.9. The van der Waals surface area contributed by atoms with Crippen LogP contribution in [0.3, 0.4) is 0 Å². The zero-order chi connectivity index (χ0) is 16.2. The number of carbonyl (C=O) groups is 1. The zero-order valence-electron chi connectivity index (χ0n) is 12.6. The average Bonchev–Trinajstić information content (AvgIpc) is 2.97. The second-order valence-electron chi connectivity index (χ2n) is 5.22. The van der Waals surface area contributed by atoms with Crippen molar-refractivity contribution in [3.8, 4) is 0 Å². The van der Waals surface area contributed by atoms with Crippen molar-refractivity contribution in [1.82, 2.24) is 14.9 Å². The monoisotopic (exact) mass is 345 g/mol. The Hall–Kier alpha value is -1.98. The number of carbonyl (C=O) groups excluding carboxylic acids is 1. The molecular formula is C17H16ClN3OS. The fourth-order valence-electron chi connectivity index (χ4n) is 2.19. The van der Waals surface area contributed by atoms with Gasteiger partial charge in [0.15, 0.2) is 5.16 Å². The van der Waals surface area contributed by atoms with E-state index in [-0.39, 0.29) is 5.91 Å². The molecule has 0 saturated carbocycles. The van der Waals surface area contributed by atoms with E-state index in [4.69, 9.17) is 11.6 Å². The number of hydrogen-bond donors (Lipinski definition) is 1. The van der Waals surface area contributed by atoms with Crippen LogP contribution in [-0.2, 0) is 11.3 Å². The van der Waals surface area contributed by atoms with Crippen LogP contribution in [0.4, 0.5) is 0 Å². The Labute approximate surface area is 143 Å². The number of halogens is 1. The third kappa shape index (κ3) is 4.06. The molecule has 3 aromatic rings. The maximum absolute atomic E-state index is 12.2. The van der Waals surface area contributed by atoms with Crippen molar-refractivity contribution in [3.63, 3.8) is 0 Å². The first kappa shape index (κ1) is 15.9. The van der Waals surface area contributed by atoms with Gasteiger partial charge in [0.25, 0.3) is 0 Å². The maximum atomic E-state index is 12.2. The summed E-state index contributed by atoms with van der Waals surface area (Å²) < 4.78 is 0. The fraction of sp³-hybridized carbons (Fsp3) is 0.176. The van der Waals surface area contributed by atoms with Gasteiger partial charge in [-0.15, -0.1) is 0 Å². The van der Waals surface area contributed by atoms with Crippen LogP contribution in [0.1, 0.15) is 5.56 Å². The van der Waals surface area contributed by atoms with E-state index in [1.54, 1.807) is 11.9 Å². The van der Waals surface area contributed by atoms with Crippen molar-refractivity contribution in [3.05, 3.63) is 59.1 Å². The van der Waals surface area contributed by atoms with Crippen LogP contribution >= 0.6 is 23.4 Å². The summed E-state index contributed by atoms with van der Waals surface area (Å²) in [5, 5.41) is 1.46. The lowest BCUT2D eigenvalue weighted by atomic mass is 10.2. The molecule has 118 valence electrons. The number of aromatic amines is 1. The van der Waals surface area contributed by atoms with Gasteiger partial charge in [-0.25, -0.2) is 4.98 Å². The minimum atomic E-state index is 0.0606. The average molecular weight is 346 g/mol. The van der Waals surface area contributed by atoms with Crippen molar-refractivity contribution < 1.29 is 4.79 Å². The second-order valence-corrected chi connectivity index (χ2v) is 6.62. The summed E-state index contributed by atoms with van der Waals surface area (Å²) in [5.74, 6) is 0.412. The molecule has 0 aliphatic rings. The molecule has 2 aromatic carbocycles. The van der Waals surface area contributed by atoms with Crippen molar-refractivity contribution in [1.29, 1.82) is 0 Å². The highest BCUT2D eigenvalue weighted by atomic mass is 35.5. The minimum Gasteiger partial charge on any atom is -0.341 e. The molecule has 0 atom stereocenters. The first-order valence-corrected chi connectivity index (χ1v) is 8.54. The van der Waals surface area contributed by atoms with Crippen molar-refractivity contribution in [2.75, 3.05) is 12.8 Å². The van der Waals surface area contributed by atoms with Gasteiger partial charge in [-0.3, -0.25) is 4.79 Å². The molecule has 0 fully saturated rings. The number of para-hydroxylation sites is 2. The number of benzene rings is 2. The smallest absolute Gasteiger partial charge is 0.233 e. The third-order valence-corrected chi connectivity index (χ3v) is 4.57. The Morgan fingerprint density at radius 2 is 1.96 bits per heavy atom. The van der Waals surface area contributed by atoms with Crippen molar-refractivity contribution >= 4 is 40.3 Å². The van der Waals surface area contributed by atoms with E-state index in [1.165, 1.54) is 11.8 Å². The number of nitrogens with zero attached hydrogens (tertiary/aromatic N) is 2. The van der Waals surface area contributed by atoms with Crippen LogP contribution in [0.5, 0.6) is 0 Å². The standard InChI is InChI=1S/C17H16ClN3OS/c1-21(10-12-6-8-13(18)9-7-12)16(22)11-23-17-19-14-4-2-3-5-15(14)20-17/h2-9H,10-11H2,1H3,(H,19,20). The Bertz CT molecular complexity index is 783. The zero-order valence-corrected chi connectivity index (χ0v) is 14.2. The lowest BCUT2D eigenvalue weighted by molar-refractivity contribution is -0.127. The molecule has 6 heteroatoms. The van der Waals surface area contributed by atoms with E-state index >= 15 is 0 Å². The summed E-state index contributed by atoms with van der Waals surface area (Å²) in [6.45, 7) is 0.566. The molecule has 1 N–H and O–H groups in total. The fourth-order valence-corrected chi connectivity index (χ4v) is 3.14. The summed E-state index contributed by atoms with van der Waals surface area (Å²) in [5.41, 5.74) is 2.95. The number of hydrogen-bond acceptors (Lipinski definition) is 3. The number of thioether (sulfide) groups is 1. The van der Waals surface area contributed by atoms with Gasteiger partial charge in [0.2, 0.25) is 5.91 Å². The van der Waals surface area contributed by atoms with E-state index in [2.05, 4.69) is 9.97 Å². The van der Waals surface area contributed by atoms with Gasteiger partial charge >= 0.3 is 0 Å². The first-order valence-electron chi connectivity index (χ1n) is 7.18. The SMILES string of the molecule is CN(Cc1ccc(Cl)cc1)C(=O)CSc1nc2ccccc2[nH]1. The van der Waals surface area contributed by atoms with E-state index in [9.17, 15) is 4.79 Å². The van der Waals surface area contributed by atoms with Gasteiger partial charge < -0.3 is 9.88 Å². The number of amides is 1. The highest BCUT2D eigenvalue weighted by Gasteiger charge is 2.11. The molecule has 23 heavy (non-hydrogen) atoms. The number of fused-ring (bicyclic) bond motifs is 1. The summed E-state index contributed by atoms with van der Waals surface area (Å²) in [7, 11) is 1.80. The summed E-state index contributed by atoms with van der Waals surface area (Å²) in [4.78, 5) is 21.6. The molecule has 4 nitrogen and oxygen atoms in total. The van der Waals surface area contributed by atoms with E-state index < -0.39 is 0 Å². The van der Waals surface area contributed by atoms with Crippen LogP contribution in [0.15, 0.2) is 53.7 Å². The van der Waals surface area contributed by atoms with E-state index in [1.807, 2.05) is 48.5 Å². The number of imidazole rings is 1. The van der Waals surface area contributed by atoms with Crippen LogP contribution in [0.2, 0.25) is 5.02 Å². The minimum absolute atomic E-state index is 0.0606. The van der Waals surface area contributed by atoms with Gasteiger partial charge in [-0.2, -0.15) is 0 Å². The van der Waals surface area contributed by atoms with Crippen molar-refractivity contribution in [2.45, 2.75) is 11.7 Å². The van der Waals surface area contributed by atoms with Crippen LogP contribution in [0.25, 0.3) is 11.0 Å². The number of nitrogens with one attached hydrogen (secondary N) is 1. The number of rotatable bonds is 5. The third-order valence-electron chi connectivity index (χ3n) is 3.46. The molecule has 1 aromatic heterocycles. The Morgan fingerprint density at radius 1 is 1.22 bits per heavy atom. The van der Waals surface area contributed by atoms with Crippen LogP contribution in [0, 0.1) is 0 Å². The van der Waals surface area contributed by atoms with Gasteiger partial charge in [-0.1, -0.05) is 47.6 Å². The van der Waals surface area contributed by atoms with E-state index in [0.717, 1.165) is 21.8 Å². The molecule has 0 aliphatic carbocycles. The maximum Gasteiger partial charge on any atom is 0.233 e. The van der Waals surface area contributed by atoms with Crippen molar-refractivity contribution in [2.24, 2.45) is 0 Å².